The molecule has 0 radical (unpaired) electrons. The Labute approximate surface area is 112 Å². The molecule has 1 atom stereocenters. The van der Waals surface area contributed by atoms with Gasteiger partial charge in [0.15, 0.2) is 0 Å². The second-order valence-corrected chi connectivity index (χ2v) is 4.69. The van der Waals surface area contributed by atoms with E-state index in [1.165, 1.54) is 19.2 Å². The number of rotatable bonds is 3. The molecule has 0 bridgehead atoms. The number of amides is 1. The van der Waals surface area contributed by atoms with Crippen LogP contribution in [0.1, 0.15) is 12.8 Å². The second kappa shape index (κ2) is 6.41. The van der Waals surface area contributed by atoms with Gasteiger partial charge in [0.2, 0.25) is 0 Å². The summed E-state index contributed by atoms with van der Waals surface area (Å²) in [6, 6.07) is 5.96. The minimum Gasteiger partial charge on any atom is -0.493 e. The predicted octanol–water partition coefficient (Wildman–Crippen LogP) is 2.68. The molecule has 0 saturated carbocycles. The quantitative estimate of drug-likeness (QED) is 0.845. The third-order valence-corrected chi connectivity index (χ3v) is 3.25. The van der Waals surface area contributed by atoms with Crippen LogP contribution in [-0.4, -0.2) is 37.8 Å². The van der Waals surface area contributed by atoms with Crippen LogP contribution < -0.4 is 4.74 Å². The zero-order chi connectivity index (χ0) is 13.7. The van der Waals surface area contributed by atoms with E-state index < -0.39 is 0 Å². The number of likely N-dealkylation sites (tertiary alicyclic amines) is 1. The predicted molar refractivity (Wildman–Crippen MR) is 68.6 cm³/mol. The average molecular weight is 267 g/mol. The standard InChI is InChI=1S/C14H18FNO3/c1-18-14(17)16-8-2-3-11(9-16)10-19-13-6-4-12(15)5-7-13/h4-7,11H,2-3,8-10H2,1H3. The number of methoxy groups -OCH3 is 1. The maximum atomic E-state index is 12.7. The van der Waals surface area contributed by atoms with Crippen molar-refractivity contribution in [3.63, 3.8) is 0 Å². The highest BCUT2D eigenvalue weighted by Gasteiger charge is 2.24. The van der Waals surface area contributed by atoms with Crippen molar-refractivity contribution in [2.45, 2.75) is 12.8 Å². The molecule has 1 aromatic carbocycles. The van der Waals surface area contributed by atoms with Crippen LogP contribution >= 0.6 is 0 Å². The van der Waals surface area contributed by atoms with Gasteiger partial charge in [0.05, 0.1) is 13.7 Å². The Kier molecular flexibility index (Phi) is 4.60. The monoisotopic (exact) mass is 267 g/mol. The fourth-order valence-electron chi connectivity index (χ4n) is 2.24. The first-order valence-electron chi connectivity index (χ1n) is 6.40. The number of piperidine rings is 1. The summed E-state index contributed by atoms with van der Waals surface area (Å²) < 4.78 is 23.1. The molecular weight excluding hydrogens is 249 g/mol. The first-order valence-corrected chi connectivity index (χ1v) is 6.40. The summed E-state index contributed by atoms with van der Waals surface area (Å²) in [7, 11) is 1.39. The van der Waals surface area contributed by atoms with Crippen LogP contribution in [0, 0.1) is 11.7 Å². The van der Waals surface area contributed by atoms with E-state index >= 15 is 0 Å². The van der Waals surface area contributed by atoms with E-state index in [1.54, 1.807) is 17.0 Å². The first kappa shape index (κ1) is 13.6. The van der Waals surface area contributed by atoms with Gasteiger partial charge in [-0.05, 0) is 37.1 Å². The molecule has 2 rings (SSSR count). The highest BCUT2D eigenvalue weighted by atomic mass is 19.1. The van der Waals surface area contributed by atoms with E-state index in [1.807, 2.05) is 0 Å². The Morgan fingerprint density at radius 3 is 2.84 bits per heavy atom. The Hall–Kier alpha value is -1.78. The zero-order valence-corrected chi connectivity index (χ0v) is 11.0. The molecule has 1 aliphatic rings. The molecule has 1 unspecified atom stereocenters. The van der Waals surface area contributed by atoms with Crippen LogP contribution in [0.4, 0.5) is 9.18 Å². The normalized spacial score (nSPS) is 19.1. The summed E-state index contributed by atoms with van der Waals surface area (Å²) in [6.07, 6.45) is 1.69. The number of nitrogens with zero attached hydrogens (tertiary/aromatic N) is 1. The van der Waals surface area contributed by atoms with Crippen molar-refractivity contribution >= 4 is 6.09 Å². The topological polar surface area (TPSA) is 38.8 Å². The van der Waals surface area contributed by atoms with E-state index in [0.717, 1.165) is 19.4 Å². The molecule has 4 nitrogen and oxygen atoms in total. The summed E-state index contributed by atoms with van der Waals surface area (Å²) >= 11 is 0. The Bertz CT molecular complexity index is 421. The summed E-state index contributed by atoms with van der Waals surface area (Å²) in [5.41, 5.74) is 0. The van der Waals surface area contributed by atoms with Crippen molar-refractivity contribution in [1.82, 2.24) is 4.90 Å². The Balaban J connectivity index is 1.82. The third-order valence-electron chi connectivity index (χ3n) is 3.25. The van der Waals surface area contributed by atoms with Crippen LogP contribution in [0.2, 0.25) is 0 Å². The van der Waals surface area contributed by atoms with E-state index in [9.17, 15) is 9.18 Å². The third kappa shape index (κ3) is 3.84. The number of carbonyl (C=O) groups excluding carboxylic acids is 1. The molecule has 1 saturated heterocycles. The van der Waals surface area contributed by atoms with Gasteiger partial charge in [0.1, 0.15) is 11.6 Å². The Morgan fingerprint density at radius 1 is 1.42 bits per heavy atom. The van der Waals surface area contributed by atoms with Crippen LogP contribution in [0.5, 0.6) is 5.75 Å². The number of halogens is 1. The summed E-state index contributed by atoms with van der Waals surface area (Å²) in [6.45, 7) is 1.91. The molecule has 0 N–H and O–H groups in total. The molecule has 104 valence electrons. The number of hydrogen-bond acceptors (Lipinski definition) is 3. The lowest BCUT2D eigenvalue weighted by Gasteiger charge is -2.31. The molecule has 1 fully saturated rings. The van der Waals surface area contributed by atoms with Gasteiger partial charge >= 0.3 is 6.09 Å². The van der Waals surface area contributed by atoms with E-state index in [-0.39, 0.29) is 17.8 Å². The number of benzene rings is 1. The maximum absolute atomic E-state index is 12.7. The minimum absolute atomic E-state index is 0.276. The summed E-state index contributed by atoms with van der Waals surface area (Å²) in [5, 5.41) is 0. The largest absolute Gasteiger partial charge is 0.493 e. The van der Waals surface area contributed by atoms with Crippen molar-refractivity contribution in [3.8, 4) is 5.75 Å². The minimum atomic E-state index is -0.286. The number of carbonyl (C=O) groups is 1. The Morgan fingerprint density at radius 2 is 2.16 bits per heavy atom. The molecule has 1 aromatic rings. The SMILES string of the molecule is COC(=O)N1CCCC(COc2ccc(F)cc2)C1. The zero-order valence-electron chi connectivity index (χ0n) is 11.0. The van der Waals surface area contributed by atoms with Gasteiger partial charge in [-0.2, -0.15) is 0 Å². The molecule has 1 aliphatic heterocycles. The fraction of sp³-hybridized carbons (Fsp3) is 0.500. The lowest BCUT2D eigenvalue weighted by atomic mass is 9.99. The first-order chi connectivity index (χ1) is 9.19. The number of hydrogen-bond donors (Lipinski definition) is 0. The highest BCUT2D eigenvalue weighted by molar-refractivity contribution is 5.67. The molecule has 0 aliphatic carbocycles. The van der Waals surface area contributed by atoms with Crippen molar-refractivity contribution in [2.24, 2.45) is 5.92 Å². The van der Waals surface area contributed by atoms with Gasteiger partial charge in [-0.1, -0.05) is 0 Å². The van der Waals surface area contributed by atoms with Gasteiger partial charge in [-0.25, -0.2) is 9.18 Å². The van der Waals surface area contributed by atoms with E-state index in [0.29, 0.717) is 18.9 Å². The van der Waals surface area contributed by atoms with Gasteiger partial charge in [0.25, 0.3) is 0 Å². The lowest BCUT2D eigenvalue weighted by molar-refractivity contribution is 0.0903. The van der Waals surface area contributed by atoms with Crippen LogP contribution in [0.25, 0.3) is 0 Å². The van der Waals surface area contributed by atoms with Crippen LogP contribution in [0.3, 0.4) is 0 Å². The van der Waals surface area contributed by atoms with Crippen LogP contribution in [0.15, 0.2) is 24.3 Å². The van der Waals surface area contributed by atoms with Crippen molar-refractivity contribution < 1.29 is 18.7 Å². The maximum Gasteiger partial charge on any atom is 0.409 e. The van der Waals surface area contributed by atoms with Crippen LogP contribution in [-0.2, 0) is 4.74 Å². The van der Waals surface area contributed by atoms with Gasteiger partial charge in [-0.15, -0.1) is 0 Å². The molecule has 1 amide bonds. The lowest BCUT2D eigenvalue weighted by Crippen LogP contribution is -2.41. The van der Waals surface area contributed by atoms with Crippen molar-refractivity contribution in [1.29, 1.82) is 0 Å². The van der Waals surface area contributed by atoms with E-state index in [2.05, 4.69) is 0 Å². The molecule has 0 spiro atoms. The van der Waals surface area contributed by atoms with Gasteiger partial charge in [0, 0.05) is 19.0 Å². The molecule has 19 heavy (non-hydrogen) atoms. The highest BCUT2D eigenvalue weighted by Crippen LogP contribution is 2.19. The van der Waals surface area contributed by atoms with Gasteiger partial charge in [-0.3, -0.25) is 0 Å². The summed E-state index contributed by atoms with van der Waals surface area (Å²) in [4.78, 5) is 13.1. The molecular formula is C14H18FNO3. The smallest absolute Gasteiger partial charge is 0.409 e. The van der Waals surface area contributed by atoms with Crippen molar-refractivity contribution in [3.05, 3.63) is 30.1 Å². The van der Waals surface area contributed by atoms with Gasteiger partial charge < -0.3 is 14.4 Å². The molecule has 5 heteroatoms. The molecule has 1 heterocycles. The van der Waals surface area contributed by atoms with E-state index in [4.69, 9.17) is 9.47 Å². The number of ether oxygens (including phenoxy) is 2. The average Bonchev–Trinajstić information content (AvgIpc) is 2.46. The molecule has 0 aromatic heterocycles. The summed E-state index contributed by atoms with van der Waals surface area (Å²) in [5.74, 6) is 0.663. The van der Waals surface area contributed by atoms with Crippen molar-refractivity contribution in [2.75, 3.05) is 26.8 Å². The second-order valence-electron chi connectivity index (χ2n) is 4.69. The fourth-order valence-corrected chi connectivity index (χ4v) is 2.24.